The van der Waals surface area contributed by atoms with E-state index >= 15 is 0 Å². The molecule has 1 heterocycles. The fraction of sp³-hybridized carbons (Fsp3) is 0.357. The van der Waals surface area contributed by atoms with Crippen molar-refractivity contribution in [1.82, 2.24) is 9.55 Å². The second-order valence-electron chi connectivity index (χ2n) is 4.77. The Morgan fingerprint density at radius 2 is 2.16 bits per heavy atom. The number of hydrogen-bond acceptors (Lipinski definition) is 4. The Hall–Kier alpha value is -2.17. The van der Waals surface area contributed by atoms with E-state index in [1.165, 1.54) is 0 Å². The van der Waals surface area contributed by atoms with E-state index in [1.807, 2.05) is 49.9 Å². The molecular weight excluding hydrogens is 240 g/mol. The van der Waals surface area contributed by atoms with Crippen molar-refractivity contribution >= 4 is 11.4 Å². The summed E-state index contributed by atoms with van der Waals surface area (Å²) in [4.78, 5) is 4.26. The van der Waals surface area contributed by atoms with E-state index in [-0.39, 0.29) is 6.10 Å². The molecule has 0 radical (unpaired) electrons. The monoisotopic (exact) mass is 260 g/mol. The number of hydrogen-bond donors (Lipinski definition) is 2. The van der Waals surface area contributed by atoms with Crippen LogP contribution in [-0.4, -0.2) is 15.7 Å². The zero-order valence-electron chi connectivity index (χ0n) is 11.6. The van der Waals surface area contributed by atoms with Crippen LogP contribution in [0, 0.1) is 0 Å². The number of imidazole rings is 1. The quantitative estimate of drug-likeness (QED) is 0.810. The smallest absolute Gasteiger partial charge is 0.127 e. The van der Waals surface area contributed by atoms with E-state index in [4.69, 9.17) is 10.5 Å². The third-order valence-electron chi connectivity index (χ3n) is 2.67. The molecular formula is C14H20N4O. The molecule has 0 aliphatic rings. The summed E-state index contributed by atoms with van der Waals surface area (Å²) in [5.41, 5.74) is 7.48. The summed E-state index contributed by atoms with van der Waals surface area (Å²) in [5.74, 6) is 1.74. The van der Waals surface area contributed by atoms with Crippen LogP contribution in [0.15, 0.2) is 30.6 Å². The molecule has 19 heavy (non-hydrogen) atoms. The first-order valence-electron chi connectivity index (χ1n) is 6.32. The SMILES string of the molecule is CC(C)Oc1cc(N)cc(NCc2nccn2C)c1. The van der Waals surface area contributed by atoms with Gasteiger partial charge in [-0.25, -0.2) is 4.98 Å². The highest BCUT2D eigenvalue weighted by Gasteiger charge is 2.04. The molecule has 5 nitrogen and oxygen atoms in total. The summed E-state index contributed by atoms with van der Waals surface area (Å²) in [7, 11) is 1.97. The van der Waals surface area contributed by atoms with E-state index in [1.54, 1.807) is 6.20 Å². The van der Waals surface area contributed by atoms with Crippen LogP contribution in [0.25, 0.3) is 0 Å². The van der Waals surface area contributed by atoms with Crippen LogP contribution in [0.5, 0.6) is 5.75 Å². The van der Waals surface area contributed by atoms with Gasteiger partial charge in [0.15, 0.2) is 0 Å². The number of aryl methyl sites for hydroxylation is 1. The minimum absolute atomic E-state index is 0.129. The molecule has 102 valence electrons. The van der Waals surface area contributed by atoms with Gasteiger partial charge in [-0.3, -0.25) is 0 Å². The number of nitrogens with zero attached hydrogens (tertiary/aromatic N) is 2. The molecule has 0 bridgehead atoms. The number of nitrogens with one attached hydrogen (secondary N) is 1. The largest absolute Gasteiger partial charge is 0.491 e. The average molecular weight is 260 g/mol. The standard InChI is InChI=1S/C14H20N4O/c1-10(2)19-13-7-11(15)6-12(8-13)17-9-14-16-4-5-18(14)3/h4-8,10,17H,9,15H2,1-3H3. The summed E-state index contributed by atoms with van der Waals surface area (Å²) in [6, 6.07) is 5.65. The zero-order chi connectivity index (χ0) is 13.8. The summed E-state index contributed by atoms with van der Waals surface area (Å²) in [6.45, 7) is 4.63. The van der Waals surface area contributed by atoms with Crippen molar-refractivity contribution in [2.75, 3.05) is 11.1 Å². The molecule has 0 saturated heterocycles. The average Bonchev–Trinajstić information content (AvgIpc) is 2.70. The van der Waals surface area contributed by atoms with E-state index in [0.717, 1.165) is 17.3 Å². The van der Waals surface area contributed by atoms with E-state index in [9.17, 15) is 0 Å². The minimum atomic E-state index is 0.129. The molecule has 0 aliphatic carbocycles. The predicted molar refractivity (Wildman–Crippen MR) is 77.2 cm³/mol. The highest BCUT2D eigenvalue weighted by molar-refractivity contribution is 5.59. The number of benzene rings is 1. The Balaban J connectivity index is 2.07. The van der Waals surface area contributed by atoms with Crippen LogP contribution < -0.4 is 15.8 Å². The second kappa shape index (κ2) is 5.65. The fourth-order valence-electron chi connectivity index (χ4n) is 1.81. The molecule has 0 saturated carbocycles. The molecule has 0 fully saturated rings. The lowest BCUT2D eigenvalue weighted by Crippen LogP contribution is -2.08. The van der Waals surface area contributed by atoms with E-state index in [2.05, 4.69) is 10.3 Å². The molecule has 2 aromatic rings. The van der Waals surface area contributed by atoms with Crippen molar-refractivity contribution in [2.45, 2.75) is 26.5 Å². The maximum Gasteiger partial charge on any atom is 0.127 e. The van der Waals surface area contributed by atoms with Crippen LogP contribution in [0.3, 0.4) is 0 Å². The van der Waals surface area contributed by atoms with E-state index < -0.39 is 0 Å². The normalized spacial score (nSPS) is 10.7. The summed E-state index contributed by atoms with van der Waals surface area (Å²) in [6.07, 6.45) is 3.83. The van der Waals surface area contributed by atoms with Crippen molar-refractivity contribution in [3.05, 3.63) is 36.4 Å². The lowest BCUT2D eigenvalue weighted by molar-refractivity contribution is 0.242. The molecule has 2 rings (SSSR count). The maximum atomic E-state index is 5.87. The van der Waals surface area contributed by atoms with Gasteiger partial charge in [-0.05, 0) is 19.9 Å². The van der Waals surface area contributed by atoms with Crippen LogP contribution in [0.2, 0.25) is 0 Å². The van der Waals surface area contributed by atoms with Gasteiger partial charge in [0.25, 0.3) is 0 Å². The van der Waals surface area contributed by atoms with Crippen molar-refractivity contribution in [2.24, 2.45) is 7.05 Å². The van der Waals surface area contributed by atoms with Gasteiger partial charge < -0.3 is 20.4 Å². The molecule has 1 aromatic heterocycles. The third-order valence-corrected chi connectivity index (χ3v) is 2.67. The van der Waals surface area contributed by atoms with Crippen molar-refractivity contribution < 1.29 is 4.74 Å². The first-order chi connectivity index (χ1) is 9.04. The van der Waals surface area contributed by atoms with Crippen LogP contribution >= 0.6 is 0 Å². The number of aromatic nitrogens is 2. The molecule has 5 heteroatoms. The molecule has 0 aliphatic heterocycles. The van der Waals surface area contributed by atoms with Crippen LogP contribution in [0.4, 0.5) is 11.4 Å². The van der Waals surface area contributed by atoms with Gasteiger partial charge in [0.05, 0.1) is 12.6 Å². The molecule has 1 aromatic carbocycles. The van der Waals surface area contributed by atoms with E-state index in [0.29, 0.717) is 12.2 Å². The Labute approximate surface area is 113 Å². The van der Waals surface area contributed by atoms with Gasteiger partial charge in [0, 0.05) is 42.9 Å². The van der Waals surface area contributed by atoms with Gasteiger partial charge in [0.1, 0.15) is 11.6 Å². The summed E-state index contributed by atoms with van der Waals surface area (Å²) >= 11 is 0. The van der Waals surface area contributed by atoms with Gasteiger partial charge in [-0.2, -0.15) is 0 Å². The van der Waals surface area contributed by atoms with Gasteiger partial charge >= 0.3 is 0 Å². The van der Waals surface area contributed by atoms with Crippen molar-refractivity contribution in [3.8, 4) is 5.75 Å². The third kappa shape index (κ3) is 3.64. The number of rotatable bonds is 5. The van der Waals surface area contributed by atoms with Crippen molar-refractivity contribution in [1.29, 1.82) is 0 Å². The Morgan fingerprint density at radius 3 is 2.79 bits per heavy atom. The summed E-state index contributed by atoms with van der Waals surface area (Å²) < 4.78 is 7.63. The van der Waals surface area contributed by atoms with Gasteiger partial charge in [-0.1, -0.05) is 0 Å². The second-order valence-corrected chi connectivity index (χ2v) is 4.77. The zero-order valence-corrected chi connectivity index (χ0v) is 11.6. The highest BCUT2D eigenvalue weighted by Crippen LogP contribution is 2.23. The topological polar surface area (TPSA) is 65.1 Å². The van der Waals surface area contributed by atoms with Gasteiger partial charge in [0.2, 0.25) is 0 Å². The molecule has 0 amide bonds. The Bertz CT molecular complexity index is 548. The summed E-state index contributed by atoms with van der Waals surface area (Å²) in [5, 5.41) is 3.30. The minimum Gasteiger partial charge on any atom is -0.491 e. The first-order valence-corrected chi connectivity index (χ1v) is 6.32. The fourth-order valence-corrected chi connectivity index (χ4v) is 1.81. The predicted octanol–water partition coefficient (Wildman–Crippen LogP) is 2.40. The Kier molecular flexibility index (Phi) is 3.94. The lowest BCUT2D eigenvalue weighted by atomic mass is 10.2. The van der Waals surface area contributed by atoms with Gasteiger partial charge in [-0.15, -0.1) is 0 Å². The highest BCUT2D eigenvalue weighted by atomic mass is 16.5. The molecule has 0 unspecified atom stereocenters. The number of ether oxygens (including phenoxy) is 1. The lowest BCUT2D eigenvalue weighted by Gasteiger charge is -2.13. The van der Waals surface area contributed by atoms with Crippen LogP contribution in [-0.2, 0) is 13.6 Å². The first kappa shape index (κ1) is 13.3. The maximum absolute atomic E-state index is 5.87. The number of nitrogen functional groups attached to an aromatic ring is 1. The molecule has 0 atom stereocenters. The Morgan fingerprint density at radius 1 is 1.37 bits per heavy atom. The van der Waals surface area contributed by atoms with Crippen LogP contribution in [0.1, 0.15) is 19.7 Å². The molecule has 0 spiro atoms. The number of anilines is 2. The molecule has 3 N–H and O–H groups in total. The number of nitrogens with two attached hydrogens (primary N) is 1. The van der Waals surface area contributed by atoms with Crippen molar-refractivity contribution in [3.63, 3.8) is 0 Å².